The number of thiophene rings is 1. The van der Waals surface area contributed by atoms with Gasteiger partial charge in [0.25, 0.3) is 0 Å². The molecule has 1 saturated heterocycles. The molecule has 7 heteroatoms. The molecule has 1 aliphatic rings. The van der Waals surface area contributed by atoms with E-state index in [0.29, 0.717) is 6.54 Å². The van der Waals surface area contributed by atoms with E-state index in [4.69, 9.17) is 15.0 Å². The lowest BCUT2D eigenvalue weighted by molar-refractivity contribution is 0.323. The minimum atomic E-state index is 0.634. The third-order valence-electron chi connectivity index (χ3n) is 5.93. The number of likely N-dealkylation sites (tertiary alicyclic amines) is 1. The second-order valence-electron chi connectivity index (χ2n) is 7.86. The number of imidazole rings is 1. The quantitative estimate of drug-likeness (QED) is 0.532. The molecule has 0 atom stereocenters. The molecule has 0 amide bonds. The van der Waals surface area contributed by atoms with E-state index >= 15 is 0 Å². The van der Waals surface area contributed by atoms with Crippen LogP contribution in [-0.4, -0.2) is 37.5 Å². The van der Waals surface area contributed by atoms with Crippen molar-refractivity contribution >= 4 is 38.4 Å². The van der Waals surface area contributed by atoms with Gasteiger partial charge in [-0.05, 0) is 57.5 Å². The van der Waals surface area contributed by atoms with Crippen LogP contribution in [0.2, 0.25) is 0 Å². The van der Waals surface area contributed by atoms with Gasteiger partial charge in [-0.1, -0.05) is 12.1 Å². The molecule has 5 rings (SSSR count). The minimum absolute atomic E-state index is 0.634. The van der Waals surface area contributed by atoms with Gasteiger partial charge in [0.1, 0.15) is 22.3 Å². The molecule has 1 N–H and O–H groups in total. The number of aryl methyl sites for hydroxylation is 3. The Morgan fingerprint density at radius 3 is 2.66 bits per heavy atom. The first-order valence-electron chi connectivity index (χ1n) is 10.2. The summed E-state index contributed by atoms with van der Waals surface area (Å²) >= 11 is 1.76. The normalized spacial score (nSPS) is 15.0. The van der Waals surface area contributed by atoms with Crippen molar-refractivity contribution in [3.05, 3.63) is 46.4 Å². The molecule has 29 heavy (non-hydrogen) atoms. The first-order valence-corrected chi connectivity index (χ1v) is 11.0. The summed E-state index contributed by atoms with van der Waals surface area (Å²) in [6.45, 7) is 8.08. The largest absolute Gasteiger partial charge is 0.362 e. The highest BCUT2D eigenvalue weighted by Crippen LogP contribution is 2.33. The van der Waals surface area contributed by atoms with Crippen LogP contribution < -0.4 is 5.32 Å². The molecule has 0 saturated carbocycles. The number of fused-ring (bicyclic) bond motifs is 2. The van der Waals surface area contributed by atoms with E-state index in [-0.39, 0.29) is 0 Å². The molecule has 4 aromatic rings. The van der Waals surface area contributed by atoms with Crippen LogP contribution >= 0.6 is 11.3 Å². The Labute approximate surface area is 174 Å². The molecule has 0 unspecified atom stereocenters. The Bertz CT molecular complexity index is 1190. The van der Waals surface area contributed by atoms with Crippen molar-refractivity contribution in [2.45, 2.75) is 39.8 Å². The molecule has 1 aliphatic heterocycles. The highest BCUT2D eigenvalue weighted by atomic mass is 32.1. The van der Waals surface area contributed by atoms with Crippen LogP contribution in [0.15, 0.2) is 24.3 Å². The Hall–Kier alpha value is -2.51. The van der Waals surface area contributed by atoms with Gasteiger partial charge in [-0.15, -0.1) is 11.3 Å². The lowest BCUT2D eigenvalue weighted by Gasteiger charge is -2.15. The molecule has 4 heterocycles. The van der Waals surface area contributed by atoms with Gasteiger partial charge in [0, 0.05) is 11.9 Å². The summed E-state index contributed by atoms with van der Waals surface area (Å²) in [5.41, 5.74) is 3.44. The smallest absolute Gasteiger partial charge is 0.146 e. The van der Waals surface area contributed by atoms with Gasteiger partial charge in [-0.2, -0.15) is 0 Å². The van der Waals surface area contributed by atoms with Crippen molar-refractivity contribution in [2.24, 2.45) is 7.05 Å². The van der Waals surface area contributed by atoms with Crippen LogP contribution in [-0.2, 0) is 20.1 Å². The molecule has 150 valence electrons. The Balaban J connectivity index is 1.49. The predicted octanol–water partition coefficient (Wildman–Crippen LogP) is 4.40. The molecule has 0 radical (unpaired) electrons. The van der Waals surface area contributed by atoms with Crippen molar-refractivity contribution in [3.63, 3.8) is 0 Å². The van der Waals surface area contributed by atoms with Crippen molar-refractivity contribution in [2.75, 3.05) is 18.4 Å². The van der Waals surface area contributed by atoms with Crippen LogP contribution in [0.25, 0.3) is 21.3 Å². The molecule has 6 nitrogen and oxygen atoms in total. The van der Waals surface area contributed by atoms with Gasteiger partial charge in [0.15, 0.2) is 0 Å². The zero-order valence-corrected chi connectivity index (χ0v) is 18.0. The average molecular weight is 407 g/mol. The van der Waals surface area contributed by atoms with Crippen LogP contribution in [0, 0.1) is 13.8 Å². The van der Waals surface area contributed by atoms with Crippen molar-refractivity contribution < 1.29 is 0 Å². The van der Waals surface area contributed by atoms with Crippen molar-refractivity contribution in [1.82, 2.24) is 24.4 Å². The number of anilines is 1. The van der Waals surface area contributed by atoms with E-state index in [1.165, 1.54) is 23.3 Å². The van der Waals surface area contributed by atoms with E-state index in [1.807, 2.05) is 6.07 Å². The summed E-state index contributed by atoms with van der Waals surface area (Å²) in [6.07, 6.45) is 2.55. The monoisotopic (exact) mass is 406 g/mol. The topological polar surface area (TPSA) is 58.9 Å². The Morgan fingerprint density at radius 1 is 1.07 bits per heavy atom. The van der Waals surface area contributed by atoms with Gasteiger partial charge in [-0.3, -0.25) is 4.90 Å². The third-order valence-corrected chi connectivity index (χ3v) is 7.03. The second kappa shape index (κ2) is 7.39. The van der Waals surface area contributed by atoms with Crippen LogP contribution in [0.4, 0.5) is 5.82 Å². The number of hydrogen-bond donors (Lipinski definition) is 1. The highest BCUT2D eigenvalue weighted by Gasteiger charge is 2.18. The summed E-state index contributed by atoms with van der Waals surface area (Å²) < 4.78 is 2.15. The van der Waals surface area contributed by atoms with E-state index in [0.717, 1.165) is 58.4 Å². The summed E-state index contributed by atoms with van der Waals surface area (Å²) in [5.74, 6) is 2.84. The number of benzene rings is 1. The molecule has 0 spiro atoms. The lowest BCUT2D eigenvalue weighted by atomic mass is 10.2. The van der Waals surface area contributed by atoms with Gasteiger partial charge >= 0.3 is 0 Å². The summed E-state index contributed by atoms with van der Waals surface area (Å²) in [6, 6.07) is 8.25. The average Bonchev–Trinajstić information content (AvgIpc) is 3.40. The fraction of sp³-hybridized carbons (Fsp3) is 0.409. The Morgan fingerprint density at radius 2 is 1.86 bits per heavy atom. The van der Waals surface area contributed by atoms with Crippen LogP contribution in [0.3, 0.4) is 0 Å². The number of nitrogens with zero attached hydrogens (tertiary/aromatic N) is 5. The molecule has 1 fully saturated rings. The van der Waals surface area contributed by atoms with Gasteiger partial charge < -0.3 is 9.88 Å². The molecular weight excluding hydrogens is 380 g/mol. The molecule has 0 aliphatic carbocycles. The molecule has 0 bridgehead atoms. The number of rotatable bonds is 5. The standard InChI is InChI=1S/C22H26N6S/c1-14-15(2)29-22-20(14)21(25-18(26-22)13-28-10-6-7-11-28)23-12-19-24-16-8-4-5-9-17(16)27(19)3/h4-5,8-9H,6-7,10-13H2,1-3H3,(H,23,25,26). The third kappa shape index (κ3) is 3.38. The number of hydrogen-bond acceptors (Lipinski definition) is 6. The van der Waals surface area contributed by atoms with Crippen LogP contribution in [0.1, 0.15) is 34.9 Å². The van der Waals surface area contributed by atoms with E-state index in [9.17, 15) is 0 Å². The molecule has 3 aromatic heterocycles. The maximum Gasteiger partial charge on any atom is 0.146 e. The summed E-state index contributed by atoms with van der Waals surface area (Å²) in [7, 11) is 2.07. The maximum atomic E-state index is 4.94. The summed E-state index contributed by atoms with van der Waals surface area (Å²) in [5, 5.41) is 4.73. The first-order chi connectivity index (χ1) is 14.1. The van der Waals surface area contributed by atoms with Gasteiger partial charge in [0.2, 0.25) is 0 Å². The molecule has 1 aromatic carbocycles. The summed E-state index contributed by atoms with van der Waals surface area (Å²) in [4.78, 5) is 19.5. The van der Waals surface area contributed by atoms with E-state index < -0.39 is 0 Å². The zero-order valence-electron chi connectivity index (χ0n) is 17.2. The number of nitrogens with one attached hydrogen (secondary N) is 1. The van der Waals surface area contributed by atoms with Crippen molar-refractivity contribution in [1.29, 1.82) is 0 Å². The van der Waals surface area contributed by atoms with Crippen LogP contribution in [0.5, 0.6) is 0 Å². The lowest BCUT2D eigenvalue weighted by Crippen LogP contribution is -2.20. The van der Waals surface area contributed by atoms with Gasteiger partial charge in [-0.25, -0.2) is 15.0 Å². The second-order valence-corrected chi connectivity index (χ2v) is 9.07. The first kappa shape index (κ1) is 18.5. The fourth-order valence-corrected chi connectivity index (χ4v) is 5.20. The van der Waals surface area contributed by atoms with Gasteiger partial charge in [0.05, 0.1) is 29.5 Å². The zero-order chi connectivity index (χ0) is 20.0. The highest BCUT2D eigenvalue weighted by molar-refractivity contribution is 7.18. The Kier molecular flexibility index (Phi) is 4.72. The predicted molar refractivity (Wildman–Crippen MR) is 119 cm³/mol. The van der Waals surface area contributed by atoms with E-state index in [1.54, 1.807) is 11.3 Å². The maximum absolute atomic E-state index is 4.94. The fourth-order valence-electron chi connectivity index (χ4n) is 4.15. The van der Waals surface area contributed by atoms with E-state index in [2.05, 4.69) is 53.9 Å². The SMILES string of the molecule is Cc1sc2nc(CN3CCCC3)nc(NCc3nc4ccccc4n3C)c2c1C. The van der Waals surface area contributed by atoms with Crippen molar-refractivity contribution in [3.8, 4) is 0 Å². The number of para-hydroxylation sites is 2. The number of aromatic nitrogens is 4. The minimum Gasteiger partial charge on any atom is -0.362 e. The molecular formula is C22H26N6S.